The zero-order chi connectivity index (χ0) is 16.6. The van der Waals surface area contributed by atoms with Gasteiger partial charge in [-0.3, -0.25) is 4.79 Å². The number of rotatable bonds is 14. The van der Waals surface area contributed by atoms with Gasteiger partial charge in [0.05, 0.1) is 6.42 Å². The van der Waals surface area contributed by atoms with Crippen LogP contribution in [0.4, 0.5) is 0 Å². The lowest BCUT2D eigenvalue weighted by molar-refractivity contribution is -0.120. The van der Waals surface area contributed by atoms with Gasteiger partial charge in [-0.1, -0.05) is 101 Å². The van der Waals surface area contributed by atoms with E-state index in [-0.39, 0.29) is 5.91 Å². The summed E-state index contributed by atoms with van der Waals surface area (Å²) in [6.07, 6.45) is 15.3. The summed E-state index contributed by atoms with van der Waals surface area (Å²) < 4.78 is 0. The second kappa shape index (κ2) is 14.3. The summed E-state index contributed by atoms with van der Waals surface area (Å²) in [5.41, 5.74) is 1.09. The minimum absolute atomic E-state index is 0.142. The maximum Gasteiger partial charge on any atom is 0.224 e. The topological polar surface area (TPSA) is 29.1 Å². The molecule has 23 heavy (non-hydrogen) atoms. The maximum atomic E-state index is 11.8. The van der Waals surface area contributed by atoms with Crippen molar-refractivity contribution in [2.75, 3.05) is 6.54 Å². The van der Waals surface area contributed by atoms with Gasteiger partial charge >= 0.3 is 0 Å². The molecule has 0 saturated heterocycles. The molecule has 1 aromatic carbocycles. The molecule has 0 aliphatic heterocycles. The third-order valence-corrected chi connectivity index (χ3v) is 4.31. The molecule has 0 radical (unpaired) electrons. The van der Waals surface area contributed by atoms with Gasteiger partial charge in [-0.15, -0.1) is 0 Å². The maximum absolute atomic E-state index is 11.8. The molecule has 1 rings (SSSR count). The highest BCUT2D eigenvalue weighted by atomic mass is 16.1. The van der Waals surface area contributed by atoms with Gasteiger partial charge in [0.1, 0.15) is 0 Å². The second-order valence-corrected chi connectivity index (χ2v) is 6.55. The quantitative estimate of drug-likeness (QED) is 0.441. The number of hydrogen-bond acceptors (Lipinski definition) is 1. The van der Waals surface area contributed by atoms with Gasteiger partial charge in [-0.25, -0.2) is 0 Å². The van der Waals surface area contributed by atoms with Crippen molar-refractivity contribution in [2.45, 2.75) is 84.0 Å². The van der Waals surface area contributed by atoms with Crippen molar-refractivity contribution in [1.82, 2.24) is 5.32 Å². The molecule has 2 nitrogen and oxygen atoms in total. The average Bonchev–Trinajstić information content (AvgIpc) is 2.57. The first-order chi connectivity index (χ1) is 11.3. The van der Waals surface area contributed by atoms with Crippen LogP contribution in [0.5, 0.6) is 0 Å². The van der Waals surface area contributed by atoms with Crippen LogP contribution in [0.25, 0.3) is 0 Å². The Morgan fingerprint density at radius 1 is 0.783 bits per heavy atom. The van der Waals surface area contributed by atoms with Crippen molar-refractivity contribution < 1.29 is 4.79 Å². The first kappa shape index (κ1) is 19.7. The fourth-order valence-electron chi connectivity index (χ4n) is 2.86. The summed E-state index contributed by atoms with van der Waals surface area (Å²) in [6.45, 7) is 3.09. The SMILES string of the molecule is CCCCCCCCCCCCCNC(=O)Cc1ccccc1. The van der Waals surface area contributed by atoms with Crippen molar-refractivity contribution in [2.24, 2.45) is 0 Å². The summed E-state index contributed by atoms with van der Waals surface area (Å²) in [7, 11) is 0. The third-order valence-electron chi connectivity index (χ3n) is 4.31. The highest BCUT2D eigenvalue weighted by Gasteiger charge is 2.01. The predicted molar refractivity (Wildman–Crippen MR) is 99.6 cm³/mol. The van der Waals surface area contributed by atoms with Crippen molar-refractivity contribution in [3.05, 3.63) is 35.9 Å². The zero-order valence-electron chi connectivity index (χ0n) is 15.0. The van der Waals surface area contributed by atoms with Gasteiger partial charge in [0.25, 0.3) is 0 Å². The number of hydrogen-bond donors (Lipinski definition) is 1. The van der Waals surface area contributed by atoms with Crippen LogP contribution < -0.4 is 5.32 Å². The van der Waals surface area contributed by atoms with E-state index >= 15 is 0 Å². The van der Waals surface area contributed by atoms with Gasteiger partial charge in [-0.05, 0) is 12.0 Å². The van der Waals surface area contributed by atoms with Crippen molar-refractivity contribution in [1.29, 1.82) is 0 Å². The highest BCUT2D eigenvalue weighted by molar-refractivity contribution is 5.78. The fraction of sp³-hybridized carbons (Fsp3) is 0.667. The van der Waals surface area contributed by atoms with Crippen LogP contribution in [0.2, 0.25) is 0 Å². The molecule has 0 aromatic heterocycles. The molecular formula is C21H35NO. The first-order valence-corrected chi connectivity index (χ1v) is 9.63. The Morgan fingerprint density at radius 2 is 1.30 bits per heavy atom. The molecule has 0 saturated carbocycles. The molecule has 0 heterocycles. The molecule has 130 valence electrons. The molecule has 0 atom stereocenters. The summed E-state index contributed by atoms with van der Waals surface area (Å²) >= 11 is 0. The number of carbonyl (C=O) groups is 1. The number of benzene rings is 1. The van der Waals surface area contributed by atoms with Crippen molar-refractivity contribution in [3.8, 4) is 0 Å². The van der Waals surface area contributed by atoms with E-state index in [4.69, 9.17) is 0 Å². The van der Waals surface area contributed by atoms with Crippen LogP contribution in [0, 0.1) is 0 Å². The fourth-order valence-corrected chi connectivity index (χ4v) is 2.86. The van der Waals surface area contributed by atoms with Gasteiger partial charge in [0, 0.05) is 6.54 Å². The molecule has 0 aliphatic rings. The molecule has 2 heteroatoms. The van der Waals surface area contributed by atoms with Crippen molar-refractivity contribution >= 4 is 5.91 Å². The van der Waals surface area contributed by atoms with Crippen LogP contribution in [-0.4, -0.2) is 12.5 Å². The lowest BCUT2D eigenvalue weighted by Gasteiger charge is -2.05. The van der Waals surface area contributed by atoms with E-state index in [2.05, 4.69) is 12.2 Å². The monoisotopic (exact) mass is 317 g/mol. The van der Waals surface area contributed by atoms with Gasteiger partial charge in [-0.2, -0.15) is 0 Å². The molecule has 0 spiro atoms. The summed E-state index contributed by atoms with van der Waals surface area (Å²) in [5.74, 6) is 0.142. The Kier molecular flexibility index (Phi) is 12.3. The van der Waals surface area contributed by atoms with Crippen molar-refractivity contribution in [3.63, 3.8) is 0 Å². The van der Waals surface area contributed by atoms with E-state index in [1.807, 2.05) is 30.3 Å². The Balaban J connectivity index is 1.83. The number of amides is 1. The van der Waals surface area contributed by atoms with Gasteiger partial charge in [0.2, 0.25) is 5.91 Å². The van der Waals surface area contributed by atoms with E-state index in [1.54, 1.807) is 0 Å². The lowest BCUT2D eigenvalue weighted by atomic mass is 10.1. The molecule has 1 N–H and O–H groups in total. The van der Waals surface area contributed by atoms with Crippen LogP contribution in [0.15, 0.2) is 30.3 Å². The average molecular weight is 318 g/mol. The Hall–Kier alpha value is -1.31. The molecule has 1 aromatic rings. The van der Waals surface area contributed by atoms with Crippen LogP contribution in [0.1, 0.15) is 83.1 Å². The summed E-state index contributed by atoms with van der Waals surface area (Å²) in [5, 5.41) is 3.02. The van der Waals surface area contributed by atoms with Crippen LogP contribution in [0.3, 0.4) is 0 Å². The molecule has 0 aliphatic carbocycles. The smallest absolute Gasteiger partial charge is 0.224 e. The summed E-state index contributed by atoms with van der Waals surface area (Å²) in [6, 6.07) is 9.94. The zero-order valence-corrected chi connectivity index (χ0v) is 15.0. The van der Waals surface area contributed by atoms with Crippen LogP contribution >= 0.6 is 0 Å². The predicted octanol–water partition coefficient (Wildman–Crippen LogP) is 5.66. The van der Waals surface area contributed by atoms with E-state index in [0.717, 1.165) is 18.5 Å². The number of carbonyl (C=O) groups excluding carboxylic acids is 1. The molecule has 1 amide bonds. The van der Waals surface area contributed by atoms with E-state index < -0.39 is 0 Å². The normalized spacial score (nSPS) is 10.7. The van der Waals surface area contributed by atoms with E-state index in [9.17, 15) is 4.79 Å². The van der Waals surface area contributed by atoms with Gasteiger partial charge in [0.15, 0.2) is 0 Å². The third kappa shape index (κ3) is 11.9. The molecule has 0 unspecified atom stereocenters. The molecule has 0 bridgehead atoms. The number of nitrogens with one attached hydrogen (secondary N) is 1. The second-order valence-electron chi connectivity index (χ2n) is 6.55. The number of unbranched alkanes of at least 4 members (excludes halogenated alkanes) is 10. The Bertz CT molecular complexity index is 388. The minimum atomic E-state index is 0.142. The first-order valence-electron chi connectivity index (χ1n) is 9.63. The summed E-state index contributed by atoms with van der Waals surface area (Å²) in [4.78, 5) is 11.8. The molecule has 0 fully saturated rings. The van der Waals surface area contributed by atoms with E-state index in [1.165, 1.54) is 64.2 Å². The van der Waals surface area contributed by atoms with Gasteiger partial charge < -0.3 is 5.32 Å². The minimum Gasteiger partial charge on any atom is -0.356 e. The van der Waals surface area contributed by atoms with Crippen LogP contribution in [-0.2, 0) is 11.2 Å². The Labute approximate surface area is 143 Å². The standard InChI is InChI=1S/C21H35NO/c1-2-3-4-5-6-7-8-9-10-11-15-18-22-21(23)19-20-16-13-12-14-17-20/h12-14,16-17H,2-11,15,18-19H2,1H3,(H,22,23). The van der Waals surface area contributed by atoms with E-state index in [0.29, 0.717) is 6.42 Å². The molecular weight excluding hydrogens is 282 g/mol. The Morgan fingerprint density at radius 3 is 1.87 bits per heavy atom. The highest BCUT2D eigenvalue weighted by Crippen LogP contribution is 2.11. The largest absolute Gasteiger partial charge is 0.356 e. The lowest BCUT2D eigenvalue weighted by Crippen LogP contribution is -2.26.